The van der Waals surface area contributed by atoms with Crippen LogP contribution in [0.2, 0.25) is 0 Å². The molecular weight excluding hydrogens is 453 g/mol. The number of nitrogens with one attached hydrogen (secondary N) is 1. The smallest absolute Gasteiger partial charge is 0.208 e. The second-order valence-electron chi connectivity index (χ2n) is 8.73. The lowest BCUT2D eigenvalue weighted by Crippen LogP contribution is -2.44. The number of rotatable bonds is 4. The van der Waals surface area contributed by atoms with Gasteiger partial charge in [-0.25, -0.2) is 4.98 Å². The molecule has 2 fully saturated rings. The molecule has 0 atom stereocenters. The van der Waals surface area contributed by atoms with E-state index in [1.54, 1.807) is 0 Å². The molecule has 154 valence electrons. The maximum absolute atomic E-state index is 5.72. The Hall–Kier alpha value is -0.830. The molecule has 0 spiro atoms. The second-order valence-corrected chi connectivity index (χ2v) is 8.73. The Morgan fingerprint density at radius 2 is 1.96 bits per heavy atom. The Kier molecular flexibility index (Phi) is 7.97. The highest BCUT2D eigenvalue weighted by molar-refractivity contribution is 14.0. The quantitative estimate of drug-likeness (QED) is 0.399. The van der Waals surface area contributed by atoms with E-state index < -0.39 is 0 Å². The van der Waals surface area contributed by atoms with Crippen molar-refractivity contribution in [3.05, 3.63) is 17.3 Å². The van der Waals surface area contributed by atoms with E-state index in [9.17, 15) is 0 Å². The highest BCUT2D eigenvalue weighted by atomic mass is 127. The van der Waals surface area contributed by atoms with Crippen LogP contribution in [0.3, 0.4) is 0 Å². The number of aromatic nitrogens is 1. The van der Waals surface area contributed by atoms with Crippen molar-refractivity contribution >= 4 is 29.9 Å². The van der Waals surface area contributed by atoms with Crippen molar-refractivity contribution < 1.29 is 4.42 Å². The molecule has 7 heteroatoms. The van der Waals surface area contributed by atoms with Crippen LogP contribution >= 0.6 is 24.0 Å². The molecule has 1 aromatic heterocycles. The van der Waals surface area contributed by atoms with E-state index in [0.29, 0.717) is 11.3 Å². The monoisotopic (exact) mass is 489 g/mol. The van der Waals surface area contributed by atoms with Crippen LogP contribution in [0.1, 0.15) is 50.5 Å². The fourth-order valence-electron chi connectivity index (χ4n) is 4.01. The van der Waals surface area contributed by atoms with Crippen molar-refractivity contribution in [2.45, 2.75) is 53.5 Å². The first-order chi connectivity index (χ1) is 12.4. The van der Waals surface area contributed by atoms with Crippen molar-refractivity contribution in [2.24, 2.45) is 16.3 Å². The number of guanidine groups is 1. The summed E-state index contributed by atoms with van der Waals surface area (Å²) in [6, 6.07) is 0. The van der Waals surface area contributed by atoms with Crippen LogP contribution in [0.4, 0.5) is 0 Å². The summed E-state index contributed by atoms with van der Waals surface area (Å²) in [5.74, 6) is 3.58. The topological polar surface area (TPSA) is 56.9 Å². The molecular formula is C20H36IN5O. The first kappa shape index (κ1) is 22.5. The molecule has 3 rings (SSSR count). The maximum Gasteiger partial charge on any atom is 0.208 e. The minimum absolute atomic E-state index is 0. The molecule has 2 saturated heterocycles. The van der Waals surface area contributed by atoms with Gasteiger partial charge in [-0.1, -0.05) is 13.8 Å². The van der Waals surface area contributed by atoms with Gasteiger partial charge in [-0.2, -0.15) is 0 Å². The van der Waals surface area contributed by atoms with E-state index in [1.807, 2.05) is 20.9 Å². The van der Waals surface area contributed by atoms with Crippen molar-refractivity contribution in [2.75, 3.05) is 39.8 Å². The molecule has 2 aliphatic rings. The van der Waals surface area contributed by atoms with Gasteiger partial charge in [-0.05, 0) is 57.5 Å². The fraction of sp³-hybridized carbons (Fsp3) is 0.800. The predicted molar refractivity (Wildman–Crippen MR) is 121 cm³/mol. The third kappa shape index (κ3) is 6.07. The Morgan fingerprint density at radius 1 is 1.26 bits per heavy atom. The lowest BCUT2D eigenvalue weighted by molar-refractivity contribution is 0.163. The van der Waals surface area contributed by atoms with E-state index in [-0.39, 0.29) is 24.0 Å². The minimum Gasteiger partial charge on any atom is -0.444 e. The van der Waals surface area contributed by atoms with Crippen molar-refractivity contribution in [3.8, 4) is 0 Å². The lowest BCUT2D eigenvalue weighted by atomic mass is 9.93. The molecule has 0 amide bonds. The van der Waals surface area contributed by atoms with Crippen LogP contribution in [-0.2, 0) is 6.54 Å². The predicted octanol–water partition coefficient (Wildman–Crippen LogP) is 3.43. The van der Waals surface area contributed by atoms with Crippen LogP contribution in [-0.4, -0.2) is 60.5 Å². The fourth-order valence-corrected chi connectivity index (χ4v) is 4.01. The van der Waals surface area contributed by atoms with Crippen LogP contribution in [0, 0.1) is 25.2 Å². The average Bonchev–Trinajstić information content (AvgIpc) is 3.11. The van der Waals surface area contributed by atoms with Gasteiger partial charge in [0.1, 0.15) is 5.76 Å². The average molecular weight is 489 g/mol. The number of likely N-dealkylation sites (tertiary alicyclic amines) is 2. The number of aryl methyl sites for hydroxylation is 2. The second kappa shape index (κ2) is 9.58. The first-order valence-corrected chi connectivity index (χ1v) is 9.97. The van der Waals surface area contributed by atoms with Gasteiger partial charge in [0.05, 0.1) is 12.2 Å². The van der Waals surface area contributed by atoms with Crippen LogP contribution < -0.4 is 5.32 Å². The van der Waals surface area contributed by atoms with Gasteiger partial charge in [0.25, 0.3) is 0 Å². The molecule has 0 saturated carbocycles. The molecule has 0 aliphatic carbocycles. The first-order valence-electron chi connectivity index (χ1n) is 9.97. The zero-order valence-electron chi connectivity index (χ0n) is 17.5. The number of halogens is 1. The van der Waals surface area contributed by atoms with Gasteiger partial charge >= 0.3 is 0 Å². The van der Waals surface area contributed by atoms with E-state index in [4.69, 9.17) is 4.42 Å². The molecule has 6 nitrogen and oxygen atoms in total. The lowest BCUT2D eigenvalue weighted by Gasteiger charge is -2.32. The van der Waals surface area contributed by atoms with E-state index >= 15 is 0 Å². The van der Waals surface area contributed by atoms with Gasteiger partial charge in [0, 0.05) is 26.7 Å². The summed E-state index contributed by atoms with van der Waals surface area (Å²) >= 11 is 0. The van der Waals surface area contributed by atoms with Crippen molar-refractivity contribution in [1.29, 1.82) is 0 Å². The van der Waals surface area contributed by atoms with E-state index in [2.05, 4.69) is 38.9 Å². The van der Waals surface area contributed by atoms with Crippen molar-refractivity contribution in [1.82, 2.24) is 20.1 Å². The van der Waals surface area contributed by atoms with Crippen LogP contribution in [0.15, 0.2) is 9.41 Å². The number of nitrogens with zero attached hydrogens (tertiary/aromatic N) is 4. The minimum atomic E-state index is 0. The summed E-state index contributed by atoms with van der Waals surface area (Å²) in [4.78, 5) is 13.9. The van der Waals surface area contributed by atoms with E-state index in [0.717, 1.165) is 62.6 Å². The Bertz CT molecular complexity index is 615. The molecule has 0 unspecified atom stereocenters. The molecule has 27 heavy (non-hydrogen) atoms. The summed E-state index contributed by atoms with van der Waals surface area (Å²) < 4.78 is 5.72. The largest absolute Gasteiger partial charge is 0.444 e. The van der Waals surface area contributed by atoms with Gasteiger partial charge in [-0.15, -0.1) is 24.0 Å². The molecule has 0 bridgehead atoms. The van der Waals surface area contributed by atoms with Crippen molar-refractivity contribution in [3.63, 3.8) is 0 Å². The SMILES string of the molecule is CN=C(NCC1CCN(Cc2nc(C)c(C)o2)CC1)N1CCC(C)(C)C1.I. The molecule has 0 aromatic carbocycles. The summed E-state index contributed by atoms with van der Waals surface area (Å²) in [7, 11) is 1.90. The number of oxazole rings is 1. The number of piperidine rings is 1. The highest BCUT2D eigenvalue weighted by Crippen LogP contribution is 2.28. The third-order valence-electron chi connectivity index (χ3n) is 5.88. The van der Waals surface area contributed by atoms with Gasteiger partial charge < -0.3 is 14.6 Å². The summed E-state index contributed by atoms with van der Waals surface area (Å²) in [6.45, 7) is 15.0. The summed E-state index contributed by atoms with van der Waals surface area (Å²) in [6.07, 6.45) is 3.67. The maximum atomic E-state index is 5.72. The number of hydrogen-bond acceptors (Lipinski definition) is 4. The zero-order chi connectivity index (χ0) is 18.7. The Balaban J connectivity index is 0.00000261. The molecule has 3 heterocycles. The van der Waals surface area contributed by atoms with Gasteiger partial charge in [-0.3, -0.25) is 9.89 Å². The van der Waals surface area contributed by atoms with Gasteiger partial charge in [0.2, 0.25) is 5.89 Å². The number of aliphatic imine (C=N–C) groups is 1. The summed E-state index contributed by atoms with van der Waals surface area (Å²) in [5.41, 5.74) is 1.41. The third-order valence-corrected chi connectivity index (χ3v) is 5.88. The Labute approximate surface area is 181 Å². The molecule has 1 aromatic rings. The summed E-state index contributed by atoms with van der Waals surface area (Å²) in [5, 5.41) is 3.62. The Morgan fingerprint density at radius 3 is 2.48 bits per heavy atom. The van der Waals surface area contributed by atoms with E-state index in [1.165, 1.54) is 19.3 Å². The normalized spacial score (nSPS) is 21.4. The number of hydrogen-bond donors (Lipinski definition) is 1. The van der Waals surface area contributed by atoms with Crippen LogP contribution in [0.5, 0.6) is 0 Å². The molecule has 0 radical (unpaired) electrons. The highest BCUT2D eigenvalue weighted by Gasteiger charge is 2.31. The van der Waals surface area contributed by atoms with Crippen LogP contribution in [0.25, 0.3) is 0 Å². The van der Waals surface area contributed by atoms with Gasteiger partial charge in [0.15, 0.2) is 5.96 Å². The standard InChI is InChI=1S/C20H35N5O.HI/c1-15-16(2)26-18(23-15)13-24-9-6-17(7-10-24)12-22-19(21-5)25-11-8-20(3,4)14-25;/h17H,6-14H2,1-5H3,(H,21,22);1H. The molecule has 2 aliphatic heterocycles. The molecule has 1 N–H and O–H groups in total. The zero-order valence-corrected chi connectivity index (χ0v) is 19.9.